The topological polar surface area (TPSA) is 39.7 Å². The lowest BCUT2D eigenvalue weighted by Gasteiger charge is -2.25. The molecule has 1 atom stereocenters. The molecule has 7 heteroatoms. The van der Waals surface area contributed by atoms with Gasteiger partial charge in [0.25, 0.3) is 0 Å². The van der Waals surface area contributed by atoms with Crippen LogP contribution in [0.5, 0.6) is 5.75 Å². The molecule has 4 nitrogen and oxygen atoms in total. The highest BCUT2D eigenvalue weighted by molar-refractivity contribution is 5.56. The average molecular weight is 293 g/mol. The van der Waals surface area contributed by atoms with Crippen molar-refractivity contribution in [3.8, 4) is 5.75 Å². The van der Waals surface area contributed by atoms with Crippen LogP contribution in [0.3, 0.4) is 0 Å². The van der Waals surface area contributed by atoms with Crippen molar-refractivity contribution in [3.63, 3.8) is 0 Å². The zero-order valence-corrected chi connectivity index (χ0v) is 11.7. The Hall–Kier alpha value is -1.47. The fourth-order valence-electron chi connectivity index (χ4n) is 1.83. The first kappa shape index (κ1) is 16.6. The van der Waals surface area contributed by atoms with Gasteiger partial charge in [0.1, 0.15) is 5.75 Å². The van der Waals surface area contributed by atoms with Crippen molar-refractivity contribution in [2.45, 2.75) is 25.4 Å². The number of anilines is 1. The summed E-state index contributed by atoms with van der Waals surface area (Å²) in [4.78, 5) is 0. The van der Waals surface area contributed by atoms with Gasteiger partial charge in [-0.2, -0.15) is 13.2 Å². The largest absolute Gasteiger partial charge is 0.497 e. The first-order chi connectivity index (χ1) is 9.33. The van der Waals surface area contributed by atoms with Gasteiger partial charge < -0.3 is 19.5 Å². The van der Waals surface area contributed by atoms with Crippen LogP contribution in [0.15, 0.2) is 18.2 Å². The zero-order chi connectivity index (χ0) is 15.3. The summed E-state index contributed by atoms with van der Waals surface area (Å²) in [6.07, 6.45) is -5.13. The molecule has 0 aliphatic heterocycles. The molecule has 1 N–H and O–H groups in total. The highest BCUT2D eigenvalue weighted by Gasteiger charge is 2.34. The Morgan fingerprint density at radius 1 is 1.10 bits per heavy atom. The monoisotopic (exact) mass is 293 g/mol. The van der Waals surface area contributed by atoms with Gasteiger partial charge in [-0.15, -0.1) is 0 Å². The van der Waals surface area contributed by atoms with E-state index in [1.165, 1.54) is 33.5 Å². The first-order valence-corrected chi connectivity index (χ1v) is 5.90. The summed E-state index contributed by atoms with van der Waals surface area (Å²) in [5.74, 6) is 0.144. The fraction of sp³-hybridized carbons (Fsp3) is 0.538. The van der Waals surface area contributed by atoms with Crippen LogP contribution in [0.4, 0.5) is 18.9 Å². The third kappa shape index (κ3) is 4.01. The molecule has 0 aromatic heterocycles. The third-order valence-corrected chi connectivity index (χ3v) is 2.79. The van der Waals surface area contributed by atoms with Gasteiger partial charge in [0.05, 0.1) is 18.7 Å². The molecule has 114 valence electrons. The molecule has 0 spiro atoms. The quantitative estimate of drug-likeness (QED) is 0.818. The molecule has 0 saturated carbocycles. The fourth-order valence-corrected chi connectivity index (χ4v) is 1.83. The minimum Gasteiger partial charge on any atom is -0.497 e. The van der Waals surface area contributed by atoms with Crippen molar-refractivity contribution in [1.82, 2.24) is 0 Å². The molecule has 1 aromatic carbocycles. The number of alkyl halides is 3. The number of hydrogen-bond acceptors (Lipinski definition) is 4. The lowest BCUT2D eigenvalue weighted by molar-refractivity contribution is -0.137. The summed E-state index contributed by atoms with van der Waals surface area (Å²) in [6.45, 7) is 1.67. The molecule has 20 heavy (non-hydrogen) atoms. The second-order valence-corrected chi connectivity index (χ2v) is 4.18. The first-order valence-electron chi connectivity index (χ1n) is 5.90. The maximum atomic E-state index is 13.0. The molecule has 1 rings (SSSR count). The van der Waals surface area contributed by atoms with E-state index in [0.717, 1.165) is 6.07 Å². The minimum atomic E-state index is -4.48. The summed E-state index contributed by atoms with van der Waals surface area (Å²) in [7, 11) is 4.16. The number of rotatable bonds is 6. The number of halogens is 3. The Bertz CT molecular complexity index is 433. The van der Waals surface area contributed by atoms with Crippen LogP contribution in [0, 0.1) is 0 Å². The van der Waals surface area contributed by atoms with E-state index >= 15 is 0 Å². The van der Waals surface area contributed by atoms with Gasteiger partial charge in [-0.25, -0.2) is 0 Å². The van der Waals surface area contributed by atoms with Crippen molar-refractivity contribution in [3.05, 3.63) is 23.8 Å². The lowest BCUT2D eigenvalue weighted by atomic mass is 10.1. The number of benzene rings is 1. The van der Waals surface area contributed by atoms with Gasteiger partial charge in [0.2, 0.25) is 0 Å². The van der Waals surface area contributed by atoms with Crippen molar-refractivity contribution < 1.29 is 27.4 Å². The summed E-state index contributed by atoms with van der Waals surface area (Å²) >= 11 is 0. The van der Waals surface area contributed by atoms with Crippen LogP contribution >= 0.6 is 0 Å². The SMILES string of the molecule is COc1ccc(NC(C)C(OC)OC)c(C(F)(F)F)c1. The van der Waals surface area contributed by atoms with Crippen LogP contribution < -0.4 is 10.1 Å². The molecular formula is C13H18F3NO3. The molecule has 0 amide bonds. The Morgan fingerprint density at radius 2 is 1.70 bits per heavy atom. The Morgan fingerprint density at radius 3 is 2.15 bits per heavy atom. The number of ether oxygens (including phenoxy) is 3. The molecule has 0 fully saturated rings. The van der Waals surface area contributed by atoms with Gasteiger partial charge in [-0.1, -0.05) is 0 Å². The summed E-state index contributed by atoms with van der Waals surface area (Å²) < 4.78 is 53.9. The highest BCUT2D eigenvalue weighted by atomic mass is 19.4. The van der Waals surface area contributed by atoms with Crippen LogP contribution in [0.2, 0.25) is 0 Å². The molecule has 0 aliphatic rings. The smallest absolute Gasteiger partial charge is 0.418 e. The molecule has 0 aliphatic carbocycles. The van der Waals surface area contributed by atoms with E-state index in [0.29, 0.717) is 0 Å². The average Bonchev–Trinajstić information content (AvgIpc) is 2.39. The van der Waals surface area contributed by atoms with Gasteiger partial charge >= 0.3 is 6.18 Å². The highest BCUT2D eigenvalue weighted by Crippen LogP contribution is 2.37. The third-order valence-electron chi connectivity index (χ3n) is 2.79. The van der Waals surface area contributed by atoms with Crippen molar-refractivity contribution in [2.75, 3.05) is 26.6 Å². The van der Waals surface area contributed by atoms with Crippen LogP contribution in [-0.2, 0) is 15.7 Å². The van der Waals surface area contributed by atoms with Crippen LogP contribution in [-0.4, -0.2) is 33.7 Å². The summed E-state index contributed by atoms with van der Waals surface area (Å²) in [5, 5.41) is 2.74. The molecule has 1 aromatic rings. The van der Waals surface area contributed by atoms with Crippen molar-refractivity contribution in [2.24, 2.45) is 0 Å². The van der Waals surface area contributed by atoms with Crippen molar-refractivity contribution >= 4 is 5.69 Å². The molecule has 0 bridgehead atoms. The summed E-state index contributed by atoms with van der Waals surface area (Å²) in [6, 6.07) is 3.27. The molecule has 0 radical (unpaired) electrons. The predicted octanol–water partition coefficient (Wildman–Crippen LogP) is 3.13. The van der Waals surface area contributed by atoms with Gasteiger partial charge in [-0.05, 0) is 25.1 Å². The normalized spacial score (nSPS) is 13.4. The molecule has 0 saturated heterocycles. The maximum absolute atomic E-state index is 13.0. The van der Waals surface area contributed by atoms with E-state index in [1.807, 2.05) is 0 Å². The van der Waals surface area contributed by atoms with Crippen LogP contribution in [0.25, 0.3) is 0 Å². The number of nitrogens with one attached hydrogen (secondary N) is 1. The molecule has 1 unspecified atom stereocenters. The number of methoxy groups -OCH3 is 3. The molecule has 0 heterocycles. The standard InChI is InChI=1S/C13H18F3NO3/c1-8(12(19-3)20-4)17-11-6-5-9(18-2)7-10(11)13(14,15)16/h5-8,12,17H,1-4H3. The van der Waals surface area contributed by atoms with Crippen molar-refractivity contribution in [1.29, 1.82) is 0 Å². The minimum absolute atomic E-state index is 0.0510. The zero-order valence-electron chi connectivity index (χ0n) is 11.7. The maximum Gasteiger partial charge on any atom is 0.418 e. The van der Waals surface area contributed by atoms with E-state index in [4.69, 9.17) is 14.2 Å². The van der Waals surface area contributed by atoms with Gasteiger partial charge in [0.15, 0.2) is 6.29 Å². The molecular weight excluding hydrogens is 275 g/mol. The second kappa shape index (κ2) is 6.81. The Balaban J connectivity index is 3.05. The van der Waals surface area contributed by atoms with E-state index in [2.05, 4.69) is 5.32 Å². The van der Waals surface area contributed by atoms with E-state index < -0.39 is 24.1 Å². The van der Waals surface area contributed by atoms with Crippen LogP contribution in [0.1, 0.15) is 12.5 Å². The number of hydrogen-bond donors (Lipinski definition) is 1. The van der Waals surface area contributed by atoms with E-state index in [-0.39, 0.29) is 11.4 Å². The van der Waals surface area contributed by atoms with E-state index in [9.17, 15) is 13.2 Å². The predicted molar refractivity (Wildman–Crippen MR) is 68.9 cm³/mol. The second-order valence-electron chi connectivity index (χ2n) is 4.18. The van der Waals surface area contributed by atoms with Gasteiger partial charge in [0, 0.05) is 19.9 Å². The van der Waals surface area contributed by atoms with E-state index in [1.54, 1.807) is 6.92 Å². The summed E-state index contributed by atoms with van der Waals surface area (Å²) in [5.41, 5.74) is -0.848. The lowest BCUT2D eigenvalue weighted by Crippen LogP contribution is -2.34. The Labute approximate surface area is 115 Å². The van der Waals surface area contributed by atoms with Gasteiger partial charge in [-0.3, -0.25) is 0 Å². The Kier molecular flexibility index (Phi) is 5.64.